The summed E-state index contributed by atoms with van der Waals surface area (Å²) in [7, 11) is -2.01. The van der Waals surface area contributed by atoms with E-state index >= 15 is 0 Å². The molecule has 0 amide bonds. The molecule has 0 spiro atoms. The molecule has 0 heterocycles. The number of aliphatic carboxylic acids is 1. The van der Waals surface area contributed by atoms with Crippen molar-refractivity contribution in [3.05, 3.63) is 0 Å². The molecule has 0 aliphatic carbocycles. The predicted molar refractivity (Wildman–Crippen MR) is 58.1 cm³/mol. The molecule has 0 aliphatic rings. The molecule has 0 radical (unpaired) electrons. The minimum atomic E-state index is -3.38. The molecular formula is C9H16N2O4S. The van der Waals surface area contributed by atoms with Gasteiger partial charge in [0.2, 0.25) is 10.0 Å². The van der Waals surface area contributed by atoms with Crippen LogP contribution < -0.4 is 0 Å². The summed E-state index contributed by atoms with van der Waals surface area (Å²) in [6.45, 7) is -0.0179. The molecule has 7 heteroatoms. The molecule has 0 aliphatic heterocycles. The number of carboxylic acids is 1. The normalized spacial score (nSPS) is 11.3. The van der Waals surface area contributed by atoms with E-state index in [4.69, 9.17) is 10.4 Å². The molecular weight excluding hydrogens is 232 g/mol. The van der Waals surface area contributed by atoms with Crippen molar-refractivity contribution in [2.24, 2.45) is 0 Å². The van der Waals surface area contributed by atoms with E-state index < -0.39 is 16.0 Å². The molecule has 0 aromatic carbocycles. The van der Waals surface area contributed by atoms with Gasteiger partial charge in [-0.15, -0.1) is 0 Å². The zero-order chi connectivity index (χ0) is 12.6. The van der Waals surface area contributed by atoms with Crippen LogP contribution in [0, 0.1) is 11.3 Å². The lowest BCUT2D eigenvalue weighted by molar-refractivity contribution is -0.137. The second-order valence-corrected chi connectivity index (χ2v) is 5.59. The van der Waals surface area contributed by atoms with Crippen molar-refractivity contribution in [1.29, 1.82) is 5.26 Å². The third-order valence-corrected chi connectivity index (χ3v) is 3.99. The van der Waals surface area contributed by atoms with Crippen molar-refractivity contribution < 1.29 is 18.3 Å². The summed E-state index contributed by atoms with van der Waals surface area (Å²) < 4.78 is 24.2. The zero-order valence-corrected chi connectivity index (χ0v) is 10.0. The van der Waals surface area contributed by atoms with Gasteiger partial charge in [0.15, 0.2) is 0 Å². The van der Waals surface area contributed by atoms with Crippen molar-refractivity contribution in [2.75, 3.05) is 19.3 Å². The van der Waals surface area contributed by atoms with Crippen LogP contribution in [0.4, 0.5) is 0 Å². The maximum atomic E-state index is 11.6. The summed E-state index contributed by atoms with van der Waals surface area (Å²) in [5, 5.41) is 16.7. The fourth-order valence-electron chi connectivity index (χ4n) is 1.04. The molecule has 0 saturated heterocycles. The Morgan fingerprint density at radius 1 is 1.44 bits per heavy atom. The van der Waals surface area contributed by atoms with Crippen LogP contribution in [0.25, 0.3) is 0 Å². The Labute approximate surface area is 95.5 Å². The molecule has 0 unspecified atom stereocenters. The summed E-state index contributed by atoms with van der Waals surface area (Å²) in [6.07, 6.45) is 1.11. The number of unbranched alkanes of at least 4 members (excludes halogenated alkanes) is 2. The highest BCUT2D eigenvalue weighted by atomic mass is 32.2. The quantitative estimate of drug-likeness (QED) is 0.627. The summed E-state index contributed by atoms with van der Waals surface area (Å²) >= 11 is 0. The van der Waals surface area contributed by atoms with E-state index in [2.05, 4.69) is 0 Å². The number of sulfonamides is 1. The van der Waals surface area contributed by atoms with Crippen molar-refractivity contribution in [1.82, 2.24) is 4.31 Å². The van der Waals surface area contributed by atoms with Gasteiger partial charge < -0.3 is 5.11 Å². The van der Waals surface area contributed by atoms with Gasteiger partial charge in [-0.3, -0.25) is 4.79 Å². The van der Waals surface area contributed by atoms with Crippen molar-refractivity contribution in [2.45, 2.75) is 25.7 Å². The van der Waals surface area contributed by atoms with Crippen LogP contribution in [0.3, 0.4) is 0 Å². The molecule has 1 N–H and O–H groups in total. The number of nitrogens with zero attached hydrogens (tertiary/aromatic N) is 2. The predicted octanol–water partition coefficient (Wildman–Crippen LogP) is 0.417. The van der Waals surface area contributed by atoms with Gasteiger partial charge in [-0.1, -0.05) is 0 Å². The van der Waals surface area contributed by atoms with E-state index in [0.717, 1.165) is 4.31 Å². The maximum absolute atomic E-state index is 11.6. The minimum absolute atomic E-state index is 0.0179. The van der Waals surface area contributed by atoms with Crippen LogP contribution in [0.5, 0.6) is 0 Å². The molecule has 16 heavy (non-hydrogen) atoms. The Balaban J connectivity index is 4.02. The highest BCUT2D eigenvalue weighted by Gasteiger charge is 2.17. The third-order valence-electron chi connectivity index (χ3n) is 2.06. The SMILES string of the molecule is CN(CCC(=O)O)S(=O)(=O)CCCCC#N. The van der Waals surface area contributed by atoms with E-state index in [-0.39, 0.29) is 18.7 Å². The number of nitriles is 1. The molecule has 0 saturated carbocycles. The van der Waals surface area contributed by atoms with Gasteiger partial charge in [0.05, 0.1) is 18.2 Å². The Kier molecular flexibility index (Phi) is 6.69. The standard InChI is InChI=1S/C9H16N2O4S/c1-11(7-5-9(12)13)16(14,15)8-4-2-3-6-10/h2-5,7-8H2,1H3,(H,12,13). The number of hydrogen-bond acceptors (Lipinski definition) is 4. The number of hydrogen-bond donors (Lipinski definition) is 1. The lowest BCUT2D eigenvalue weighted by Crippen LogP contribution is -2.31. The lowest BCUT2D eigenvalue weighted by atomic mass is 10.3. The number of carboxylic acid groups (broad SMARTS) is 1. The van der Waals surface area contributed by atoms with Gasteiger partial charge in [0, 0.05) is 20.0 Å². The van der Waals surface area contributed by atoms with Crippen LogP contribution in [0.15, 0.2) is 0 Å². The average molecular weight is 248 g/mol. The summed E-state index contributed by atoms with van der Waals surface area (Å²) in [4.78, 5) is 10.3. The van der Waals surface area contributed by atoms with Crippen LogP contribution in [0.1, 0.15) is 25.7 Å². The van der Waals surface area contributed by atoms with Crippen molar-refractivity contribution >= 4 is 16.0 Å². The van der Waals surface area contributed by atoms with Gasteiger partial charge in [0.1, 0.15) is 0 Å². The van der Waals surface area contributed by atoms with Crippen LogP contribution in [-0.4, -0.2) is 43.1 Å². The first kappa shape index (κ1) is 14.9. The molecule has 0 aromatic rings. The lowest BCUT2D eigenvalue weighted by Gasteiger charge is -2.15. The van der Waals surface area contributed by atoms with E-state index in [0.29, 0.717) is 19.3 Å². The molecule has 0 atom stereocenters. The van der Waals surface area contributed by atoms with Crippen molar-refractivity contribution in [3.8, 4) is 6.07 Å². The molecule has 6 nitrogen and oxygen atoms in total. The highest BCUT2D eigenvalue weighted by Crippen LogP contribution is 2.04. The first-order valence-electron chi connectivity index (χ1n) is 4.93. The Bertz CT molecular complexity index is 358. The van der Waals surface area contributed by atoms with E-state index in [1.165, 1.54) is 7.05 Å². The van der Waals surface area contributed by atoms with E-state index in [1.54, 1.807) is 0 Å². The van der Waals surface area contributed by atoms with Gasteiger partial charge in [-0.25, -0.2) is 12.7 Å². The van der Waals surface area contributed by atoms with Crippen LogP contribution in [-0.2, 0) is 14.8 Å². The van der Waals surface area contributed by atoms with Gasteiger partial charge >= 0.3 is 5.97 Å². The Morgan fingerprint density at radius 2 is 2.06 bits per heavy atom. The van der Waals surface area contributed by atoms with Gasteiger partial charge in [-0.05, 0) is 12.8 Å². The minimum Gasteiger partial charge on any atom is -0.481 e. The first-order valence-corrected chi connectivity index (χ1v) is 6.54. The van der Waals surface area contributed by atoms with Gasteiger partial charge in [0.25, 0.3) is 0 Å². The van der Waals surface area contributed by atoms with E-state index in [1.807, 2.05) is 6.07 Å². The highest BCUT2D eigenvalue weighted by molar-refractivity contribution is 7.89. The number of rotatable bonds is 8. The van der Waals surface area contributed by atoms with E-state index in [9.17, 15) is 13.2 Å². The summed E-state index contributed by atoms with van der Waals surface area (Å²) in [6, 6.07) is 1.94. The molecule has 92 valence electrons. The van der Waals surface area contributed by atoms with Crippen molar-refractivity contribution in [3.63, 3.8) is 0 Å². The molecule has 0 rings (SSSR count). The Morgan fingerprint density at radius 3 is 2.56 bits per heavy atom. The average Bonchev–Trinajstić information content (AvgIpc) is 2.20. The second kappa shape index (κ2) is 7.19. The largest absolute Gasteiger partial charge is 0.481 e. The summed E-state index contributed by atoms with van der Waals surface area (Å²) in [5.41, 5.74) is 0. The monoisotopic (exact) mass is 248 g/mol. The number of carbonyl (C=O) groups is 1. The molecule has 0 fully saturated rings. The maximum Gasteiger partial charge on any atom is 0.304 e. The third kappa shape index (κ3) is 6.37. The second-order valence-electron chi connectivity index (χ2n) is 3.40. The Hall–Kier alpha value is -1.13. The van der Waals surface area contributed by atoms with Gasteiger partial charge in [-0.2, -0.15) is 5.26 Å². The summed E-state index contributed by atoms with van der Waals surface area (Å²) in [5.74, 6) is -1.06. The molecule has 0 aromatic heterocycles. The zero-order valence-electron chi connectivity index (χ0n) is 9.22. The fourth-order valence-corrected chi connectivity index (χ4v) is 2.29. The smallest absolute Gasteiger partial charge is 0.304 e. The fraction of sp³-hybridized carbons (Fsp3) is 0.778. The van der Waals surface area contributed by atoms with Crippen LogP contribution >= 0.6 is 0 Å². The molecule has 0 bridgehead atoms. The first-order chi connectivity index (χ1) is 7.40. The van der Waals surface area contributed by atoms with Crippen LogP contribution in [0.2, 0.25) is 0 Å². The topological polar surface area (TPSA) is 98.5 Å².